The van der Waals surface area contributed by atoms with Gasteiger partial charge in [-0.05, 0) is 43.9 Å². The second-order valence-electron chi connectivity index (χ2n) is 9.26. The van der Waals surface area contributed by atoms with Gasteiger partial charge in [0.1, 0.15) is 5.82 Å². The van der Waals surface area contributed by atoms with E-state index in [4.69, 9.17) is 4.74 Å². The summed E-state index contributed by atoms with van der Waals surface area (Å²) in [5.41, 5.74) is 3.07. The number of amides is 1. The van der Waals surface area contributed by atoms with Crippen molar-refractivity contribution < 1.29 is 13.9 Å². The fraction of sp³-hybridized carbons (Fsp3) is 0.565. The minimum atomic E-state index is -0.145. The number of aryl methyl sites for hydroxylation is 2. The molecule has 1 aromatic heterocycles. The van der Waals surface area contributed by atoms with Gasteiger partial charge in [0.25, 0.3) is 5.91 Å². The molecule has 1 N–H and O–H groups in total. The Labute approximate surface area is 176 Å². The lowest BCUT2D eigenvalue weighted by molar-refractivity contribution is 0.00212. The van der Waals surface area contributed by atoms with E-state index in [1.165, 1.54) is 0 Å². The van der Waals surface area contributed by atoms with Crippen LogP contribution in [0.2, 0.25) is 0 Å². The van der Waals surface area contributed by atoms with Crippen LogP contribution in [0, 0.1) is 31.5 Å². The Morgan fingerprint density at radius 1 is 1.40 bits per heavy atom. The number of rotatable bonds is 5. The normalized spacial score (nSPS) is 30.1. The average molecular weight is 413 g/mol. The highest BCUT2D eigenvalue weighted by Gasteiger charge is 2.62. The lowest BCUT2D eigenvalue weighted by Crippen LogP contribution is -2.42. The molecule has 2 bridgehead atoms. The van der Waals surface area contributed by atoms with Crippen LogP contribution in [0.15, 0.2) is 24.4 Å². The Morgan fingerprint density at radius 2 is 2.23 bits per heavy atom. The zero-order chi connectivity index (χ0) is 21.0. The number of carbonyl (C=O) groups excluding carboxylic acids is 1. The SMILES string of the molecule is Cc1ccc(CN2C[C@@H]3[C@H](CNC(=O)c4cnn(C)c4C)[C@H]4CC[C@]3(C2)O4)cc1F. The molecule has 3 aliphatic heterocycles. The van der Waals surface area contributed by atoms with Gasteiger partial charge in [0.15, 0.2) is 0 Å². The van der Waals surface area contributed by atoms with Gasteiger partial charge in [-0.25, -0.2) is 4.39 Å². The van der Waals surface area contributed by atoms with Crippen molar-refractivity contribution in [1.29, 1.82) is 0 Å². The molecule has 3 saturated heterocycles. The lowest BCUT2D eigenvalue weighted by atomic mass is 9.73. The van der Waals surface area contributed by atoms with Gasteiger partial charge in [0, 0.05) is 50.8 Å². The topological polar surface area (TPSA) is 59.4 Å². The highest BCUT2D eigenvalue weighted by Crippen LogP contribution is 2.54. The van der Waals surface area contributed by atoms with Crippen molar-refractivity contribution in [2.24, 2.45) is 18.9 Å². The van der Waals surface area contributed by atoms with E-state index in [9.17, 15) is 9.18 Å². The number of nitrogens with zero attached hydrogens (tertiary/aromatic N) is 3. The number of aromatic nitrogens is 2. The van der Waals surface area contributed by atoms with Crippen LogP contribution in [-0.4, -0.2) is 51.9 Å². The van der Waals surface area contributed by atoms with E-state index < -0.39 is 0 Å². The summed E-state index contributed by atoms with van der Waals surface area (Å²) in [6, 6.07) is 5.50. The molecule has 3 aliphatic rings. The Kier molecular flexibility index (Phi) is 4.71. The van der Waals surface area contributed by atoms with Gasteiger partial charge in [0.2, 0.25) is 0 Å². The molecule has 4 atom stereocenters. The molecule has 2 aromatic rings. The van der Waals surface area contributed by atoms with Crippen LogP contribution in [-0.2, 0) is 18.3 Å². The summed E-state index contributed by atoms with van der Waals surface area (Å²) >= 11 is 0. The largest absolute Gasteiger partial charge is 0.370 e. The smallest absolute Gasteiger partial charge is 0.254 e. The molecule has 1 amide bonds. The van der Waals surface area contributed by atoms with E-state index in [2.05, 4.69) is 15.3 Å². The predicted octanol–water partition coefficient (Wildman–Crippen LogP) is 2.59. The maximum atomic E-state index is 14.0. The van der Waals surface area contributed by atoms with Crippen LogP contribution < -0.4 is 5.32 Å². The Hall–Kier alpha value is -2.25. The standard InChI is InChI=1S/C23H29FN4O2/c1-14-4-5-16(8-20(14)24)11-28-12-19-18(21-6-7-23(19,13-28)30-21)9-25-22(29)17-10-26-27(3)15(17)2/h4-5,8,10,18-19,21H,6-7,9,11-13H2,1-3H3,(H,25,29)/t18-,19+,21+,23+/m0/s1. The summed E-state index contributed by atoms with van der Waals surface area (Å²) in [5, 5.41) is 7.29. The third-order valence-electron chi connectivity index (χ3n) is 7.47. The van der Waals surface area contributed by atoms with Gasteiger partial charge < -0.3 is 10.1 Å². The Bertz CT molecular complexity index is 990. The monoisotopic (exact) mass is 412 g/mol. The third-order valence-corrected chi connectivity index (χ3v) is 7.47. The lowest BCUT2D eigenvalue weighted by Gasteiger charge is -2.29. The van der Waals surface area contributed by atoms with Gasteiger partial charge in [-0.3, -0.25) is 14.4 Å². The molecule has 0 unspecified atom stereocenters. The summed E-state index contributed by atoms with van der Waals surface area (Å²) in [6.45, 7) is 6.86. The van der Waals surface area contributed by atoms with Crippen molar-refractivity contribution in [3.8, 4) is 0 Å². The number of fused-ring (bicyclic) bond motifs is 1. The fourth-order valence-corrected chi connectivity index (χ4v) is 5.70. The first-order valence-corrected chi connectivity index (χ1v) is 10.8. The van der Waals surface area contributed by atoms with E-state index in [-0.39, 0.29) is 23.4 Å². The van der Waals surface area contributed by atoms with Crippen molar-refractivity contribution in [2.45, 2.75) is 44.9 Å². The van der Waals surface area contributed by atoms with E-state index in [1.807, 2.05) is 26.1 Å². The van der Waals surface area contributed by atoms with Gasteiger partial charge in [-0.2, -0.15) is 5.10 Å². The fourth-order valence-electron chi connectivity index (χ4n) is 5.70. The third kappa shape index (κ3) is 3.15. The van der Waals surface area contributed by atoms with Crippen molar-refractivity contribution in [3.05, 3.63) is 52.6 Å². The molecule has 0 radical (unpaired) electrons. The maximum absolute atomic E-state index is 14.0. The molecule has 1 spiro atoms. The number of hydrogen-bond donors (Lipinski definition) is 1. The highest BCUT2D eigenvalue weighted by molar-refractivity contribution is 5.95. The van der Waals surface area contributed by atoms with Crippen LogP contribution in [0.3, 0.4) is 0 Å². The van der Waals surface area contributed by atoms with Crippen LogP contribution in [0.4, 0.5) is 4.39 Å². The van der Waals surface area contributed by atoms with E-state index in [1.54, 1.807) is 23.9 Å². The second-order valence-corrected chi connectivity index (χ2v) is 9.26. The molecule has 6 nitrogen and oxygen atoms in total. The number of benzene rings is 1. The van der Waals surface area contributed by atoms with Crippen LogP contribution in [0.5, 0.6) is 0 Å². The van der Waals surface area contributed by atoms with Crippen LogP contribution >= 0.6 is 0 Å². The molecule has 160 valence electrons. The molecule has 4 heterocycles. The molecular weight excluding hydrogens is 383 g/mol. The van der Waals surface area contributed by atoms with Crippen LogP contribution in [0.1, 0.15) is 40.0 Å². The Balaban J connectivity index is 1.25. The number of nitrogens with one attached hydrogen (secondary N) is 1. The number of likely N-dealkylation sites (tertiary alicyclic amines) is 1. The van der Waals surface area contributed by atoms with E-state index in [0.717, 1.165) is 43.7 Å². The first-order valence-electron chi connectivity index (χ1n) is 10.8. The minimum Gasteiger partial charge on any atom is -0.370 e. The molecule has 30 heavy (non-hydrogen) atoms. The summed E-state index contributed by atoms with van der Waals surface area (Å²) < 4.78 is 22.2. The minimum absolute atomic E-state index is 0.0672. The van der Waals surface area contributed by atoms with E-state index in [0.29, 0.717) is 29.5 Å². The number of halogens is 1. The zero-order valence-corrected chi connectivity index (χ0v) is 17.8. The van der Waals surface area contributed by atoms with Gasteiger partial charge in [0.05, 0.1) is 23.5 Å². The van der Waals surface area contributed by atoms with Crippen molar-refractivity contribution in [2.75, 3.05) is 19.6 Å². The van der Waals surface area contributed by atoms with Gasteiger partial charge in [-0.1, -0.05) is 12.1 Å². The van der Waals surface area contributed by atoms with Crippen molar-refractivity contribution >= 4 is 5.91 Å². The Morgan fingerprint density at radius 3 is 2.97 bits per heavy atom. The second kappa shape index (κ2) is 7.17. The molecular formula is C23H29FN4O2. The molecule has 5 rings (SSSR count). The highest BCUT2D eigenvalue weighted by atomic mass is 19.1. The molecule has 3 fully saturated rings. The number of carbonyl (C=O) groups is 1. The number of ether oxygens (including phenoxy) is 1. The zero-order valence-electron chi connectivity index (χ0n) is 17.8. The van der Waals surface area contributed by atoms with Crippen LogP contribution in [0.25, 0.3) is 0 Å². The first kappa shape index (κ1) is 19.7. The van der Waals surface area contributed by atoms with Gasteiger partial charge >= 0.3 is 0 Å². The molecule has 0 aliphatic carbocycles. The molecule has 7 heteroatoms. The quantitative estimate of drug-likeness (QED) is 0.820. The molecule has 0 saturated carbocycles. The summed E-state index contributed by atoms with van der Waals surface area (Å²) in [5.74, 6) is 0.511. The summed E-state index contributed by atoms with van der Waals surface area (Å²) in [4.78, 5) is 15.0. The molecule has 1 aromatic carbocycles. The van der Waals surface area contributed by atoms with Crippen molar-refractivity contribution in [1.82, 2.24) is 20.0 Å². The summed E-state index contributed by atoms with van der Waals surface area (Å²) in [7, 11) is 1.84. The van der Waals surface area contributed by atoms with E-state index >= 15 is 0 Å². The summed E-state index contributed by atoms with van der Waals surface area (Å²) in [6.07, 6.45) is 3.98. The average Bonchev–Trinajstić information content (AvgIpc) is 3.43. The predicted molar refractivity (Wildman–Crippen MR) is 111 cm³/mol. The van der Waals surface area contributed by atoms with Gasteiger partial charge in [-0.15, -0.1) is 0 Å². The maximum Gasteiger partial charge on any atom is 0.254 e. The number of hydrogen-bond acceptors (Lipinski definition) is 4. The first-order chi connectivity index (χ1) is 14.4. The van der Waals surface area contributed by atoms with Crippen molar-refractivity contribution in [3.63, 3.8) is 0 Å².